The number of thiophene rings is 1. The van der Waals surface area contributed by atoms with Crippen LogP contribution >= 0.6 is 11.3 Å². The van der Waals surface area contributed by atoms with Gasteiger partial charge in [0.15, 0.2) is 0 Å². The van der Waals surface area contributed by atoms with Gasteiger partial charge in [-0.3, -0.25) is 9.78 Å². The molecule has 144 valence electrons. The lowest BCUT2D eigenvalue weighted by atomic mass is 9.93. The number of fused-ring (bicyclic) bond motifs is 3. The average molecular weight is 394 g/mol. The maximum atomic E-state index is 12.5. The summed E-state index contributed by atoms with van der Waals surface area (Å²) in [6.45, 7) is 4.85. The van der Waals surface area contributed by atoms with E-state index in [9.17, 15) is 9.90 Å². The van der Waals surface area contributed by atoms with Gasteiger partial charge in [-0.25, -0.2) is 0 Å². The summed E-state index contributed by atoms with van der Waals surface area (Å²) in [6, 6.07) is 10.5. The van der Waals surface area contributed by atoms with Crippen LogP contribution in [0.2, 0.25) is 0 Å². The Labute approximate surface area is 167 Å². The molecule has 0 aliphatic carbocycles. The molecule has 3 N–H and O–H groups in total. The molecule has 0 unspecified atom stereocenters. The van der Waals surface area contributed by atoms with Gasteiger partial charge >= 0.3 is 0 Å². The lowest BCUT2D eigenvalue weighted by Crippen LogP contribution is -2.14. The van der Waals surface area contributed by atoms with Crippen LogP contribution in [-0.2, 0) is 6.61 Å². The highest BCUT2D eigenvalue weighted by Crippen LogP contribution is 2.37. The summed E-state index contributed by atoms with van der Waals surface area (Å²) in [5, 5.41) is 16.8. The van der Waals surface area contributed by atoms with Gasteiger partial charge in [0.2, 0.25) is 0 Å². The average Bonchev–Trinajstić information content (AvgIpc) is 3.19. The zero-order chi connectivity index (χ0) is 19.8. The Balaban J connectivity index is 2.00. The third kappa shape index (κ3) is 3.03. The van der Waals surface area contributed by atoms with Crippen LogP contribution in [0.5, 0.6) is 0 Å². The third-order valence-corrected chi connectivity index (χ3v) is 6.17. The number of aromatic amines is 1. The first-order valence-corrected chi connectivity index (χ1v) is 10.2. The standard InChI is InChI=1S/C22H23N3O2S/c1-12(10-23-3)14-4-6-15(7-5-14)18-13(2)24-17(11-26)20-19(18)16-8-9-28-21(16)22(27)25-20/h4-9,12,23,26H,10-11H2,1-3H3,(H,25,27)/t12-/m0/s1. The van der Waals surface area contributed by atoms with Crippen LogP contribution in [0, 0.1) is 6.92 Å². The minimum Gasteiger partial charge on any atom is -0.390 e. The van der Waals surface area contributed by atoms with Crippen LogP contribution in [0.25, 0.3) is 32.1 Å². The fraction of sp³-hybridized carbons (Fsp3) is 0.273. The maximum absolute atomic E-state index is 12.5. The Morgan fingerprint density at radius 1 is 1.25 bits per heavy atom. The molecule has 0 bridgehead atoms. The minimum absolute atomic E-state index is 0.139. The van der Waals surface area contributed by atoms with Crippen molar-refractivity contribution in [1.82, 2.24) is 15.3 Å². The summed E-state index contributed by atoms with van der Waals surface area (Å²) in [4.78, 5) is 20.0. The van der Waals surface area contributed by atoms with Crippen molar-refractivity contribution in [2.75, 3.05) is 13.6 Å². The Bertz CT molecular complexity index is 1210. The molecule has 3 heterocycles. The Morgan fingerprint density at radius 2 is 2.00 bits per heavy atom. The summed E-state index contributed by atoms with van der Waals surface area (Å²) in [5.74, 6) is 0.423. The molecule has 0 aliphatic rings. The molecular formula is C22H23N3O2S. The first-order valence-electron chi connectivity index (χ1n) is 9.33. The van der Waals surface area contributed by atoms with Crippen LogP contribution in [0.4, 0.5) is 0 Å². The number of benzene rings is 1. The zero-order valence-electron chi connectivity index (χ0n) is 16.2. The van der Waals surface area contributed by atoms with Crippen LogP contribution in [0.1, 0.15) is 29.8 Å². The number of likely N-dealkylation sites (N-methyl/N-ethyl adjacent to an activating group) is 1. The highest BCUT2D eigenvalue weighted by molar-refractivity contribution is 7.17. The van der Waals surface area contributed by atoms with Gasteiger partial charge in [-0.05, 0) is 42.5 Å². The number of aromatic nitrogens is 2. The van der Waals surface area contributed by atoms with Crippen molar-refractivity contribution in [2.45, 2.75) is 26.4 Å². The smallest absolute Gasteiger partial charge is 0.266 e. The molecule has 0 radical (unpaired) electrons. The molecule has 5 nitrogen and oxygen atoms in total. The van der Waals surface area contributed by atoms with E-state index >= 15 is 0 Å². The van der Waals surface area contributed by atoms with Crippen molar-refractivity contribution in [3.05, 3.63) is 63.0 Å². The summed E-state index contributed by atoms with van der Waals surface area (Å²) in [5.41, 5.74) is 5.15. The molecule has 0 amide bonds. The lowest BCUT2D eigenvalue weighted by molar-refractivity contribution is 0.278. The predicted octanol–water partition coefficient (Wildman–Crippen LogP) is 3.93. The molecular weight excluding hydrogens is 370 g/mol. The van der Waals surface area contributed by atoms with E-state index < -0.39 is 0 Å². The topological polar surface area (TPSA) is 78.0 Å². The van der Waals surface area contributed by atoms with Crippen LogP contribution < -0.4 is 10.9 Å². The first kappa shape index (κ1) is 18.8. The van der Waals surface area contributed by atoms with Gasteiger partial charge in [0.25, 0.3) is 5.56 Å². The van der Waals surface area contributed by atoms with Gasteiger partial charge in [0.05, 0.1) is 17.8 Å². The van der Waals surface area contributed by atoms with Gasteiger partial charge in [0.1, 0.15) is 4.70 Å². The Hall–Kier alpha value is -2.54. The van der Waals surface area contributed by atoms with E-state index in [1.807, 2.05) is 25.4 Å². The van der Waals surface area contributed by atoms with E-state index in [4.69, 9.17) is 0 Å². The zero-order valence-corrected chi connectivity index (χ0v) is 17.0. The normalized spacial score (nSPS) is 12.7. The molecule has 1 atom stereocenters. The van der Waals surface area contributed by atoms with Crippen molar-refractivity contribution >= 4 is 32.3 Å². The number of H-pyrrole nitrogens is 1. The number of nitrogens with one attached hydrogen (secondary N) is 2. The molecule has 4 aromatic rings. The predicted molar refractivity (Wildman–Crippen MR) is 116 cm³/mol. The van der Waals surface area contributed by atoms with Gasteiger partial charge in [0, 0.05) is 28.6 Å². The van der Waals surface area contributed by atoms with Crippen LogP contribution in [-0.4, -0.2) is 28.7 Å². The molecule has 0 saturated heterocycles. The number of aryl methyl sites for hydroxylation is 1. The number of aliphatic hydroxyl groups is 1. The second-order valence-electron chi connectivity index (χ2n) is 7.13. The molecule has 1 aromatic carbocycles. The Morgan fingerprint density at radius 3 is 2.68 bits per heavy atom. The molecule has 28 heavy (non-hydrogen) atoms. The summed E-state index contributed by atoms with van der Waals surface area (Å²) >= 11 is 1.43. The lowest BCUT2D eigenvalue weighted by Gasteiger charge is -2.16. The minimum atomic E-state index is -0.219. The van der Waals surface area contributed by atoms with Crippen LogP contribution in [0.3, 0.4) is 0 Å². The fourth-order valence-corrected chi connectivity index (χ4v) is 4.69. The van der Waals surface area contributed by atoms with Crippen molar-refractivity contribution in [2.24, 2.45) is 0 Å². The summed E-state index contributed by atoms with van der Waals surface area (Å²) in [7, 11) is 1.96. The largest absolute Gasteiger partial charge is 0.390 e. The third-order valence-electron chi connectivity index (χ3n) is 5.26. The summed E-state index contributed by atoms with van der Waals surface area (Å²) in [6.07, 6.45) is 0. The van der Waals surface area contributed by atoms with Gasteiger partial charge < -0.3 is 15.4 Å². The van der Waals surface area contributed by atoms with E-state index in [1.165, 1.54) is 16.9 Å². The maximum Gasteiger partial charge on any atom is 0.266 e. The fourth-order valence-electron chi connectivity index (χ4n) is 3.89. The van der Waals surface area contributed by atoms with Crippen LogP contribution in [0.15, 0.2) is 40.5 Å². The molecule has 6 heteroatoms. The van der Waals surface area contributed by atoms with E-state index in [-0.39, 0.29) is 12.2 Å². The van der Waals surface area contributed by atoms with Crippen molar-refractivity contribution < 1.29 is 5.11 Å². The van der Waals surface area contributed by atoms with E-state index in [0.29, 0.717) is 21.8 Å². The molecule has 0 fully saturated rings. The molecule has 0 spiro atoms. The quantitative estimate of drug-likeness (QED) is 0.480. The molecule has 0 saturated carbocycles. The first-order chi connectivity index (χ1) is 13.5. The SMILES string of the molecule is CNC[C@H](C)c1ccc(-c2c(C)nc(CO)c3[nH]c(=O)c4sccc4c23)cc1. The number of aliphatic hydroxyl groups excluding tert-OH is 1. The number of nitrogens with zero attached hydrogens (tertiary/aromatic N) is 1. The van der Waals surface area contributed by atoms with E-state index in [2.05, 4.69) is 46.5 Å². The van der Waals surface area contributed by atoms with Gasteiger partial charge in [-0.1, -0.05) is 31.2 Å². The number of hydrogen-bond acceptors (Lipinski definition) is 5. The second kappa shape index (κ2) is 7.47. The number of hydrogen-bond donors (Lipinski definition) is 3. The second-order valence-corrected chi connectivity index (χ2v) is 8.04. The molecule has 3 aromatic heterocycles. The number of rotatable bonds is 5. The molecule has 0 aliphatic heterocycles. The molecule has 4 rings (SSSR count). The van der Waals surface area contributed by atoms with Crippen molar-refractivity contribution in [3.8, 4) is 11.1 Å². The van der Waals surface area contributed by atoms with Crippen molar-refractivity contribution in [3.63, 3.8) is 0 Å². The monoisotopic (exact) mass is 393 g/mol. The van der Waals surface area contributed by atoms with Crippen molar-refractivity contribution in [1.29, 1.82) is 0 Å². The highest BCUT2D eigenvalue weighted by Gasteiger charge is 2.18. The Kier molecular flexibility index (Phi) is 5.02. The van der Waals surface area contributed by atoms with E-state index in [1.54, 1.807) is 0 Å². The summed E-state index contributed by atoms with van der Waals surface area (Å²) < 4.78 is 0.697. The van der Waals surface area contributed by atoms with Gasteiger partial charge in [-0.15, -0.1) is 11.3 Å². The van der Waals surface area contributed by atoms with Gasteiger partial charge in [-0.2, -0.15) is 0 Å². The number of pyridine rings is 2. The highest BCUT2D eigenvalue weighted by atomic mass is 32.1. The van der Waals surface area contributed by atoms with E-state index in [0.717, 1.165) is 34.1 Å².